The summed E-state index contributed by atoms with van der Waals surface area (Å²) < 4.78 is 27.3. The summed E-state index contributed by atoms with van der Waals surface area (Å²) in [5, 5.41) is 0. The molecule has 8 nitrogen and oxygen atoms in total. The highest BCUT2D eigenvalue weighted by Gasteiger charge is 2.36. The molecular weight excluding hydrogens is 462 g/mol. The molecule has 162 valence electrons. The lowest BCUT2D eigenvalue weighted by atomic mass is 10.0. The average molecular weight is 480 g/mol. The van der Waals surface area contributed by atoms with Crippen LogP contribution in [-0.4, -0.2) is 73.0 Å². The second kappa shape index (κ2) is 8.19. The standard InChI is InChI=1S/C20H18ClN3O5S2/c1-2-7-24-19(26)14-4-3-13(12-15(14)20(24)27)18(25)22-8-10-23(11-9-22)31(28,29)17-6-5-16(21)30-17/h2-6,12H,1,7-11H2. The van der Waals surface area contributed by atoms with Gasteiger partial charge in [0.1, 0.15) is 4.21 Å². The highest BCUT2D eigenvalue weighted by molar-refractivity contribution is 7.91. The van der Waals surface area contributed by atoms with Gasteiger partial charge in [-0.2, -0.15) is 4.31 Å². The topological polar surface area (TPSA) is 95.1 Å². The van der Waals surface area contributed by atoms with Crippen LogP contribution in [0.3, 0.4) is 0 Å². The number of benzene rings is 1. The summed E-state index contributed by atoms with van der Waals surface area (Å²) in [6.45, 7) is 4.37. The third-order valence-corrected chi connectivity index (χ3v) is 8.80. The van der Waals surface area contributed by atoms with Gasteiger partial charge in [0.05, 0.1) is 15.5 Å². The van der Waals surface area contributed by atoms with E-state index in [1.54, 1.807) is 0 Å². The summed E-state index contributed by atoms with van der Waals surface area (Å²) in [6, 6.07) is 7.43. The lowest BCUT2D eigenvalue weighted by Crippen LogP contribution is -2.50. The molecule has 0 unspecified atom stereocenters. The first-order chi connectivity index (χ1) is 14.7. The third kappa shape index (κ3) is 3.80. The Balaban J connectivity index is 1.47. The molecule has 3 amide bonds. The molecule has 4 rings (SSSR count). The Morgan fingerprint density at radius 1 is 1.06 bits per heavy atom. The Kier molecular flexibility index (Phi) is 5.73. The van der Waals surface area contributed by atoms with Crippen LogP contribution in [0.5, 0.6) is 0 Å². The lowest BCUT2D eigenvalue weighted by Gasteiger charge is -2.33. The maximum absolute atomic E-state index is 12.9. The smallest absolute Gasteiger partial charge is 0.261 e. The van der Waals surface area contributed by atoms with Crippen molar-refractivity contribution in [1.29, 1.82) is 0 Å². The van der Waals surface area contributed by atoms with Gasteiger partial charge in [0.15, 0.2) is 0 Å². The van der Waals surface area contributed by atoms with Crippen LogP contribution in [0.25, 0.3) is 0 Å². The third-order valence-electron chi connectivity index (χ3n) is 5.20. The number of carbonyl (C=O) groups is 3. The first-order valence-corrected chi connectivity index (χ1v) is 12.0. The van der Waals surface area contributed by atoms with Crippen molar-refractivity contribution in [1.82, 2.24) is 14.1 Å². The maximum atomic E-state index is 12.9. The van der Waals surface area contributed by atoms with Gasteiger partial charge < -0.3 is 4.90 Å². The van der Waals surface area contributed by atoms with Gasteiger partial charge in [0.25, 0.3) is 27.7 Å². The number of amides is 3. The number of thiophene rings is 1. The number of carbonyl (C=O) groups excluding carboxylic acids is 3. The zero-order valence-electron chi connectivity index (χ0n) is 16.3. The summed E-state index contributed by atoms with van der Waals surface area (Å²) in [4.78, 5) is 40.4. The van der Waals surface area contributed by atoms with E-state index in [1.165, 1.54) is 45.6 Å². The molecule has 3 heterocycles. The fourth-order valence-electron chi connectivity index (χ4n) is 3.60. The minimum Gasteiger partial charge on any atom is -0.336 e. The van der Waals surface area contributed by atoms with E-state index in [0.29, 0.717) is 4.34 Å². The Hall–Kier alpha value is -2.53. The van der Waals surface area contributed by atoms with Gasteiger partial charge in [0, 0.05) is 38.3 Å². The minimum absolute atomic E-state index is 0.0987. The number of halogens is 1. The normalized spacial score (nSPS) is 17.2. The fraction of sp³-hybridized carbons (Fsp3) is 0.250. The van der Waals surface area contributed by atoms with Crippen molar-refractivity contribution in [2.24, 2.45) is 0 Å². The summed E-state index contributed by atoms with van der Waals surface area (Å²) in [7, 11) is -3.65. The highest BCUT2D eigenvalue weighted by Crippen LogP contribution is 2.29. The Morgan fingerprint density at radius 2 is 1.74 bits per heavy atom. The molecule has 2 aromatic rings. The van der Waals surface area contributed by atoms with E-state index in [0.717, 1.165) is 16.2 Å². The Labute approximate surface area is 188 Å². The molecule has 0 atom stereocenters. The van der Waals surface area contributed by atoms with Crippen LogP contribution in [0, 0.1) is 0 Å². The molecule has 31 heavy (non-hydrogen) atoms. The average Bonchev–Trinajstić information content (AvgIpc) is 3.31. The molecule has 0 saturated carbocycles. The Morgan fingerprint density at radius 3 is 2.35 bits per heavy atom. The lowest BCUT2D eigenvalue weighted by molar-refractivity contribution is 0.0670. The summed E-state index contributed by atoms with van der Waals surface area (Å²) >= 11 is 6.85. The van der Waals surface area contributed by atoms with Crippen LogP contribution in [0.1, 0.15) is 31.1 Å². The van der Waals surface area contributed by atoms with Crippen LogP contribution in [0.15, 0.2) is 47.2 Å². The SMILES string of the molecule is C=CCN1C(=O)c2ccc(C(=O)N3CCN(S(=O)(=O)c4ccc(Cl)s4)CC3)cc2C1=O. The van der Waals surface area contributed by atoms with Crippen LogP contribution in [-0.2, 0) is 10.0 Å². The van der Waals surface area contributed by atoms with Gasteiger partial charge in [-0.15, -0.1) is 17.9 Å². The predicted octanol–water partition coefficient (Wildman–Crippen LogP) is 2.33. The van der Waals surface area contributed by atoms with Crippen molar-refractivity contribution in [3.63, 3.8) is 0 Å². The second-order valence-corrected chi connectivity index (χ2v) is 10.9. The molecule has 1 saturated heterocycles. The van der Waals surface area contributed by atoms with Crippen LogP contribution < -0.4 is 0 Å². The van der Waals surface area contributed by atoms with Gasteiger partial charge in [-0.3, -0.25) is 19.3 Å². The van der Waals surface area contributed by atoms with Crippen LogP contribution in [0.4, 0.5) is 0 Å². The fourth-order valence-corrected chi connectivity index (χ4v) is 6.66. The van der Waals surface area contributed by atoms with E-state index in [1.807, 2.05) is 0 Å². The van der Waals surface area contributed by atoms with Crippen molar-refractivity contribution >= 4 is 50.7 Å². The number of hydrogen-bond acceptors (Lipinski definition) is 6. The first kappa shape index (κ1) is 21.7. The van der Waals surface area contributed by atoms with Gasteiger partial charge in [-0.25, -0.2) is 8.42 Å². The molecular formula is C20H18ClN3O5S2. The van der Waals surface area contributed by atoms with Crippen molar-refractivity contribution < 1.29 is 22.8 Å². The van der Waals surface area contributed by atoms with E-state index in [9.17, 15) is 22.8 Å². The molecule has 0 bridgehead atoms. The van der Waals surface area contributed by atoms with Gasteiger partial charge in [-0.1, -0.05) is 17.7 Å². The zero-order valence-corrected chi connectivity index (χ0v) is 18.7. The predicted molar refractivity (Wildman–Crippen MR) is 116 cm³/mol. The molecule has 1 aromatic heterocycles. The van der Waals surface area contributed by atoms with Crippen molar-refractivity contribution in [3.8, 4) is 0 Å². The minimum atomic E-state index is -3.65. The molecule has 0 radical (unpaired) electrons. The Bertz CT molecular complexity index is 1200. The molecule has 1 aromatic carbocycles. The largest absolute Gasteiger partial charge is 0.336 e. The van der Waals surface area contributed by atoms with Gasteiger partial charge in [-0.05, 0) is 30.3 Å². The zero-order chi connectivity index (χ0) is 22.3. The van der Waals surface area contributed by atoms with E-state index < -0.39 is 21.8 Å². The number of nitrogens with zero attached hydrogens (tertiary/aromatic N) is 3. The monoisotopic (exact) mass is 479 g/mol. The number of hydrogen-bond donors (Lipinski definition) is 0. The van der Waals surface area contributed by atoms with Gasteiger partial charge >= 0.3 is 0 Å². The number of sulfonamides is 1. The molecule has 11 heteroatoms. The van der Waals surface area contributed by atoms with Gasteiger partial charge in [0.2, 0.25) is 0 Å². The van der Waals surface area contributed by atoms with Crippen molar-refractivity contribution in [2.45, 2.75) is 4.21 Å². The van der Waals surface area contributed by atoms with Crippen LogP contribution >= 0.6 is 22.9 Å². The van der Waals surface area contributed by atoms with Crippen LogP contribution in [0.2, 0.25) is 4.34 Å². The first-order valence-electron chi connectivity index (χ1n) is 9.40. The summed E-state index contributed by atoms with van der Waals surface area (Å²) in [5.74, 6) is -1.19. The van der Waals surface area contributed by atoms with Crippen molar-refractivity contribution in [2.75, 3.05) is 32.7 Å². The number of imide groups is 1. The molecule has 0 aliphatic carbocycles. The highest BCUT2D eigenvalue weighted by atomic mass is 35.5. The number of piperazine rings is 1. The molecule has 1 fully saturated rings. The number of rotatable bonds is 5. The molecule has 0 spiro atoms. The second-order valence-electron chi connectivity index (χ2n) is 7.02. The quantitative estimate of drug-likeness (QED) is 0.484. The summed E-state index contributed by atoms with van der Waals surface area (Å²) in [6.07, 6.45) is 1.46. The van der Waals surface area contributed by atoms with E-state index in [4.69, 9.17) is 11.6 Å². The van der Waals surface area contributed by atoms with Crippen molar-refractivity contribution in [3.05, 3.63) is 64.0 Å². The van der Waals surface area contributed by atoms with E-state index in [-0.39, 0.29) is 59.5 Å². The molecule has 2 aliphatic heterocycles. The van der Waals surface area contributed by atoms with E-state index in [2.05, 4.69) is 6.58 Å². The maximum Gasteiger partial charge on any atom is 0.261 e. The number of fused-ring (bicyclic) bond motifs is 1. The molecule has 0 N–H and O–H groups in total. The summed E-state index contributed by atoms with van der Waals surface area (Å²) in [5.41, 5.74) is 0.726. The molecule has 2 aliphatic rings. The van der Waals surface area contributed by atoms with E-state index >= 15 is 0 Å².